The van der Waals surface area contributed by atoms with E-state index in [1.165, 1.54) is 0 Å². The fourth-order valence-corrected chi connectivity index (χ4v) is 4.52. The predicted molar refractivity (Wildman–Crippen MR) is 137 cm³/mol. The van der Waals surface area contributed by atoms with Crippen LogP contribution in [-0.2, 0) is 9.53 Å². The molecule has 2 aliphatic rings. The summed E-state index contributed by atoms with van der Waals surface area (Å²) in [4.78, 5) is 34.1. The van der Waals surface area contributed by atoms with Gasteiger partial charge in [0.15, 0.2) is 6.10 Å². The van der Waals surface area contributed by atoms with Crippen molar-refractivity contribution in [2.24, 2.45) is 0 Å². The maximum absolute atomic E-state index is 12.8. The molecule has 0 radical (unpaired) electrons. The minimum absolute atomic E-state index is 0.0265. The third-order valence-electron chi connectivity index (χ3n) is 6.88. The van der Waals surface area contributed by atoms with E-state index < -0.39 is 6.10 Å². The van der Waals surface area contributed by atoms with Gasteiger partial charge < -0.3 is 30.1 Å². The van der Waals surface area contributed by atoms with Crippen LogP contribution in [0.5, 0.6) is 5.88 Å². The van der Waals surface area contributed by atoms with Crippen molar-refractivity contribution in [1.29, 1.82) is 0 Å². The summed E-state index contributed by atoms with van der Waals surface area (Å²) in [6.45, 7) is 3.92. The first-order valence-electron chi connectivity index (χ1n) is 12.4. The van der Waals surface area contributed by atoms with E-state index in [2.05, 4.69) is 21.8 Å². The summed E-state index contributed by atoms with van der Waals surface area (Å²) in [7, 11) is 1.72. The number of nitrogens with two attached hydrogens (primary N) is 1. The van der Waals surface area contributed by atoms with Gasteiger partial charge in [-0.1, -0.05) is 30.3 Å². The lowest BCUT2D eigenvalue weighted by molar-refractivity contribution is -0.144. The van der Waals surface area contributed by atoms with Crippen molar-refractivity contribution in [3.63, 3.8) is 0 Å². The average molecular weight is 506 g/mol. The fraction of sp³-hybridized carbons (Fsp3) is 0.423. The molecule has 0 bridgehead atoms. The van der Waals surface area contributed by atoms with Gasteiger partial charge in [-0.3, -0.25) is 4.79 Å². The van der Waals surface area contributed by atoms with Gasteiger partial charge in [-0.15, -0.1) is 0 Å². The summed E-state index contributed by atoms with van der Waals surface area (Å²) in [5.74, 6) is 0.852. The number of amides is 1. The molecule has 11 nitrogen and oxygen atoms in total. The molecule has 1 aliphatic carbocycles. The number of likely N-dealkylation sites (N-methyl/N-ethyl adjacent to an activating group) is 1. The number of aliphatic hydroxyl groups excluding tert-OH is 1. The van der Waals surface area contributed by atoms with Gasteiger partial charge in [-0.05, 0) is 12.5 Å². The van der Waals surface area contributed by atoms with Crippen LogP contribution in [0.3, 0.4) is 0 Å². The molecule has 5 rings (SSSR count). The summed E-state index contributed by atoms with van der Waals surface area (Å²) in [5, 5.41) is 10.5. The number of carbonyl (C=O) groups excluding carboxylic acids is 1. The summed E-state index contributed by atoms with van der Waals surface area (Å²) in [6, 6.07) is 10.8. The van der Waals surface area contributed by atoms with Crippen molar-refractivity contribution >= 4 is 17.8 Å². The standard InChI is InChI=1S/C26H31N7O4/c1-16-15-36-9-8-33(16)26-30-21(18-13-28-25(27)29-14-18)12-22(31-26)37-20-10-19(11-20)32(2)24(35)23(34)17-6-4-3-5-7-17/h3-7,12-14,16,19-20,23,34H,8-11,15H2,1-2H3,(H2,27,28,29)/t16-,19-,20-,23+/m0/s1. The second kappa shape index (κ2) is 10.7. The third kappa shape index (κ3) is 5.47. The summed E-state index contributed by atoms with van der Waals surface area (Å²) in [6.07, 6.45) is 3.22. The van der Waals surface area contributed by atoms with Crippen molar-refractivity contribution in [2.75, 3.05) is 37.4 Å². The van der Waals surface area contributed by atoms with Crippen molar-refractivity contribution < 1.29 is 19.4 Å². The first-order valence-corrected chi connectivity index (χ1v) is 12.4. The number of anilines is 2. The zero-order valence-electron chi connectivity index (χ0n) is 20.9. The van der Waals surface area contributed by atoms with E-state index in [0.29, 0.717) is 61.2 Å². The smallest absolute Gasteiger partial charge is 0.256 e. The summed E-state index contributed by atoms with van der Waals surface area (Å²) >= 11 is 0. The van der Waals surface area contributed by atoms with Crippen LogP contribution >= 0.6 is 0 Å². The van der Waals surface area contributed by atoms with Crippen LogP contribution in [0, 0.1) is 0 Å². The normalized spacial score (nSPS) is 22.1. The number of ether oxygens (including phenoxy) is 2. The topological polar surface area (TPSA) is 140 Å². The van der Waals surface area contributed by atoms with Crippen molar-refractivity contribution in [2.45, 2.75) is 44.1 Å². The maximum atomic E-state index is 12.8. The molecule has 11 heteroatoms. The highest BCUT2D eigenvalue weighted by Gasteiger charge is 2.38. The predicted octanol–water partition coefficient (Wildman–Crippen LogP) is 1.84. The van der Waals surface area contributed by atoms with E-state index >= 15 is 0 Å². The number of nitrogen functional groups attached to an aromatic ring is 1. The Morgan fingerprint density at radius 3 is 2.65 bits per heavy atom. The number of benzene rings is 1. The first kappa shape index (κ1) is 24.8. The number of nitrogens with zero attached hydrogens (tertiary/aromatic N) is 6. The van der Waals surface area contributed by atoms with Crippen molar-refractivity contribution in [3.05, 3.63) is 54.4 Å². The van der Waals surface area contributed by atoms with E-state index in [0.717, 1.165) is 0 Å². The van der Waals surface area contributed by atoms with Gasteiger partial charge in [0.1, 0.15) is 6.10 Å². The molecule has 2 aromatic heterocycles. The molecule has 1 aliphatic heterocycles. The SMILES string of the molecule is C[C@H]1COCCN1c1nc(O[C@H]2C[C@H](N(C)C(=O)[C@H](O)c3ccccc3)C2)cc(-c2cnc(N)nc2)n1. The zero-order chi connectivity index (χ0) is 25.9. The highest BCUT2D eigenvalue weighted by molar-refractivity contribution is 5.82. The van der Waals surface area contributed by atoms with E-state index in [4.69, 9.17) is 25.2 Å². The van der Waals surface area contributed by atoms with E-state index in [9.17, 15) is 9.90 Å². The minimum Gasteiger partial charge on any atom is -0.474 e. The lowest BCUT2D eigenvalue weighted by Gasteiger charge is -2.41. The molecule has 1 saturated carbocycles. The number of aromatic nitrogens is 4. The van der Waals surface area contributed by atoms with Gasteiger partial charge in [0, 0.05) is 56.5 Å². The van der Waals surface area contributed by atoms with Gasteiger partial charge >= 0.3 is 0 Å². The van der Waals surface area contributed by atoms with Crippen LogP contribution in [-0.4, -0.2) is 80.8 Å². The Kier molecular flexibility index (Phi) is 7.15. The Morgan fingerprint density at radius 2 is 1.95 bits per heavy atom. The Bertz CT molecular complexity index is 1220. The Labute approximate surface area is 215 Å². The number of carbonyl (C=O) groups is 1. The molecule has 194 valence electrons. The molecule has 3 aromatic rings. The van der Waals surface area contributed by atoms with Gasteiger partial charge in [-0.25, -0.2) is 15.0 Å². The first-order chi connectivity index (χ1) is 17.9. The third-order valence-corrected chi connectivity index (χ3v) is 6.88. The van der Waals surface area contributed by atoms with Crippen molar-refractivity contribution in [3.8, 4) is 17.1 Å². The highest BCUT2D eigenvalue weighted by atomic mass is 16.5. The number of hydrogen-bond donors (Lipinski definition) is 2. The van der Waals surface area contributed by atoms with Crippen LogP contribution in [0.2, 0.25) is 0 Å². The number of rotatable bonds is 7. The number of morpholine rings is 1. The molecule has 3 N–H and O–H groups in total. The molecule has 1 saturated heterocycles. The van der Waals surface area contributed by atoms with E-state index in [-0.39, 0.29) is 30.0 Å². The number of hydrogen-bond acceptors (Lipinski definition) is 10. The van der Waals surface area contributed by atoms with E-state index in [1.54, 1.807) is 54.7 Å². The maximum Gasteiger partial charge on any atom is 0.256 e. The Balaban J connectivity index is 1.29. The molecule has 1 amide bonds. The van der Waals surface area contributed by atoms with Crippen LogP contribution in [0.25, 0.3) is 11.3 Å². The largest absolute Gasteiger partial charge is 0.474 e. The molecule has 37 heavy (non-hydrogen) atoms. The quantitative estimate of drug-likeness (QED) is 0.489. The fourth-order valence-electron chi connectivity index (χ4n) is 4.52. The molecule has 2 fully saturated rings. The van der Waals surface area contributed by atoms with Gasteiger partial charge in [0.2, 0.25) is 17.8 Å². The van der Waals surface area contributed by atoms with Gasteiger partial charge in [0.25, 0.3) is 5.91 Å². The molecule has 3 heterocycles. The van der Waals surface area contributed by atoms with Crippen molar-refractivity contribution in [1.82, 2.24) is 24.8 Å². The van der Waals surface area contributed by atoms with Crippen LogP contribution in [0.4, 0.5) is 11.9 Å². The molecule has 2 atom stereocenters. The van der Waals surface area contributed by atoms with Crippen LogP contribution < -0.4 is 15.4 Å². The molecule has 1 aromatic carbocycles. The summed E-state index contributed by atoms with van der Waals surface area (Å²) < 4.78 is 11.8. The van der Waals surface area contributed by atoms with E-state index in [1.807, 2.05) is 6.07 Å². The second-order valence-electron chi connectivity index (χ2n) is 9.47. The Morgan fingerprint density at radius 1 is 1.22 bits per heavy atom. The second-order valence-corrected chi connectivity index (χ2v) is 9.47. The molecule has 0 spiro atoms. The molecular weight excluding hydrogens is 474 g/mol. The zero-order valence-corrected chi connectivity index (χ0v) is 20.9. The van der Waals surface area contributed by atoms with Crippen LogP contribution in [0.15, 0.2) is 48.8 Å². The average Bonchev–Trinajstić information content (AvgIpc) is 2.90. The lowest BCUT2D eigenvalue weighted by Crippen LogP contribution is -2.51. The molecular formula is C26H31N7O4. The van der Waals surface area contributed by atoms with Crippen LogP contribution in [0.1, 0.15) is 31.4 Å². The molecule has 0 unspecified atom stereocenters. The van der Waals surface area contributed by atoms with Gasteiger partial charge in [-0.2, -0.15) is 4.98 Å². The minimum atomic E-state index is -1.18. The monoisotopic (exact) mass is 505 g/mol. The number of aliphatic hydroxyl groups is 1. The highest BCUT2D eigenvalue weighted by Crippen LogP contribution is 2.32. The summed E-state index contributed by atoms with van der Waals surface area (Å²) in [5.41, 5.74) is 7.57. The Hall–Kier alpha value is -3.83. The lowest BCUT2D eigenvalue weighted by atomic mass is 9.87. The van der Waals surface area contributed by atoms with Gasteiger partial charge in [0.05, 0.1) is 24.9 Å².